The van der Waals surface area contributed by atoms with Crippen molar-refractivity contribution >= 4 is 27.5 Å². The predicted octanol–water partition coefficient (Wildman–Crippen LogP) is 0.637. The van der Waals surface area contributed by atoms with E-state index in [9.17, 15) is 18.0 Å². The Bertz CT molecular complexity index is 955. The average Bonchev–Trinajstić information content (AvgIpc) is 2.61. The van der Waals surface area contributed by atoms with Gasteiger partial charge in [-0.2, -0.15) is 0 Å². The van der Waals surface area contributed by atoms with E-state index in [4.69, 9.17) is 9.88 Å². The Morgan fingerprint density at radius 3 is 2.62 bits per heavy atom. The SMILES string of the molecule is NS(=O)(=O)c1ccc(CCNC(=O)c2ccc3c(c2)OCC(=O)N3)cc1. The number of rotatable bonds is 5. The van der Waals surface area contributed by atoms with Crippen LogP contribution in [-0.4, -0.2) is 33.4 Å². The molecule has 9 heteroatoms. The summed E-state index contributed by atoms with van der Waals surface area (Å²) >= 11 is 0. The summed E-state index contributed by atoms with van der Waals surface area (Å²) in [6, 6.07) is 11.0. The van der Waals surface area contributed by atoms with E-state index in [0.717, 1.165) is 5.56 Å². The normalized spacial score (nSPS) is 13.3. The zero-order valence-electron chi connectivity index (χ0n) is 13.7. The number of ether oxygens (including phenoxy) is 1. The Labute approximate surface area is 150 Å². The second kappa shape index (κ2) is 7.14. The second-order valence-corrected chi connectivity index (χ2v) is 7.30. The summed E-state index contributed by atoms with van der Waals surface area (Å²) < 4.78 is 27.7. The standard InChI is InChI=1S/C17H17N3O5S/c18-26(23,24)13-4-1-11(2-5-13)7-8-19-17(22)12-3-6-14-15(9-12)25-10-16(21)20-14/h1-6,9H,7-8,10H2,(H,19,22)(H,20,21)(H2,18,23,24). The summed E-state index contributed by atoms with van der Waals surface area (Å²) in [6.07, 6.45) is 0.536. The summed E-state index contributed by atoms with van der Waals surface area (Å²) in [5, 5.41) is 10.5. The van der Waals surface area contributed by atoms with Crippen LogP contribution in [0.25, 0.3) is 0 Å². The molecule has 2 aromatic carbocycles. The Balaban J connectivity index is 1.57. The monoisotopic (exact) mass is 375 g/mol. The zero-order chi connectivity index (χ0) is 18.7. The number of benzene rings is 2. The molecule has 0 aliphatic carbocycles. The molecule has 2 amide bonds. The number of nitrogens with one attached hydrogen (secondary N) is 2. The van der Waals surface area contributed by atoms with Crippen molar-refractivity contribution in [3.63, 3.8) is 0 Å². The van der Waals surface area contributed by atoms with Crippen molar-refractivity contribution < 1.29 is 22.7 Å². The van der Waals surface area contributed by atoms with E-state index in [0.29, 0.717) is 30.0 Å². The van der Waals surface area contributed by atoms with E-state index in [-0.39, 0.29) is 23.3 Å². The van der Waals surface area contributed by atoms with Gasteiger partial charge in [-0.25, -0.2) is 13.6 Å². The van der Waals surface area contributed by atoms with Gasteiger partial charge in [0.2, 0.25) is 10.0 Å². The zero-order valence-corrected chi connectivity index (χ0v) is 14.5. The first-order valence-corrected chi connectivity index (χ1v) is 9.34. The maximum absolute atomic E-state index is 12.2. The van der Waals surface area contributed by atoms with Gasteiger partial charge < -0.3 is 15.4 Å². The highest BCUT2D eigenvalue weighted by Crippen LogP contribution is 2.28. The third-order valence-electron chi connectivity index (χ3n) is 3.83. The quantitative estimate of drug-likeness (QED) is 0.706. The number of carbonyl (C=O) groups is 2. The molecule has 0 aromatic heterocycles. The van der Waals surface area contributed by atoms with Gasteiger partial charge in [-0.05, 0) is 42.3 Å². The molecule has 0 fully saturated rings. The smallest absolute Gasteiger partial charge is 0.262 e. The highest BCUT2D eigenvalue weighted by molar-refractivity contribution is 7.89. The van der Waals surface area contributed by atoms with Gasteiger partial charge in [0.05, 0.1) is 10.6 Å². The van der Waals surface area contributed by atoms with Crippen molar-refractivity contribution in [1.29, 1.82) is 0 Å². The molecule has 0 atom stereocenters. The lowest BCUT2D eigenvalue weighted by Gasteiger charge is -2.18. The van der Waals surface area contributed by atoms with Crippen molar-refractivity contribution in [3.05, 3.63) is 53.6 Å². The van der Waals surface area contributed by atoms with Gasteiger partial charge >= 0.3 is 0 Å². The fourth-order valence-corrected chi connectivity index (χ4v) is 3.00. The molecule has 0 radical (unpaired) electrons. The molecular weight excluding hydrogens is 358 g/mol. The van der Waals surface area contributed by atoms with Crippen LogP contribution in [0.3, 0.4) is 0 Å². The minimum Gasteiger partial charge on any atom is -0.482 e. The highest BCUT2D eigenvalue weighted by Gasteiger charge is 2.17. The van der Waals surface area contributed by atoms with Crippen molar-refractivity contribution in [2.24, 2.45) is 5.14 Å². The molecule has 0 saturated carbocycles. The molecular formula is C17H17N3O5S. The van der Waals surface area contributed by atoms with Crippen LogP contribution in [0.5, 0.6) is 5.75 Å². The first-order valence-electron chi connectivity index (χ1n) is 7.79. The third kappa shape index (κ3) is 4.19. The number of carbonyl (C=O) groups excluding carboxylic acids is 2. The van der Waals surface area contributed by atoms with E-state index in [1.807, 2.05) is 0 Å². The number of anilines is 1. The van der Waals surface area contributed by atoms with Crippen LogP contribution in [0, 0.1) is 0 Å². The lowest BCUT2D eigenvalue weighted by molar-refractivity contribution is -0.118. The van der Waals surface area contributed by atoms with E-state index < -0.39 is 10.0 Å². The maximum Gasteiger partial charge on any atom is 0.262 e. The van der Waals surface area contributed by atoms with Gasteiger partial charge in [0, 0.05) is 12.1 Å². The van der Waals surface area contributed by atoms with Gasteiger partial charge in [-0.3, -0.25) is 9.59 Å². The van der Waals surface area contributed by atoms with Gasteiger partial charge in [0.1, 0.15) is 5.75 Å². The third-order valence-corrected chi connectivity index (χ3v) is 4.76. The summed E-state index contributed by atoms with van der Waals surface area (Å²) in [7, 11) is -3.71. The molecule has 4 N–H and O–H groups in total. The summed E-state index contributed by atoms with van der Waals surface area (Å²) in [5.41, 5.74) is 1.83. The average molecular weight is 375 g/mol. The van der Waals surface area contributed by atoms with Gasteiger partial charge in [-0.15, -0.1) is 0 Å². The first kappa shape index (κ1) is 17.9. The van der Waals surface area contributed by atoms with E-state index in [1.54, 1.807) is 30.3 Å². The van der Waals surface area contributed by atoms with Crippen LogP contribution in [-0.2, 0) is 21.2 Å². The van der Waals surface area contributed by atoms with Crippen LogP contribution in [0.2, 0.25) is 0 Å². The lowest BCUT2D eigenvalue weighted by atomic mass is 10.1. The van der Waals surface area contributed by atoms with Crippen LogP contribution in [0.1, 0.15) is 15.9 Å². The van der Waals surface area contributed by atoms with Gasteiger partial charge in [0.15, 0.2) is 6.61 Å². The van der Waals surface area contributed by atoms with Crippen LogP contribution >= 0.6 is 0 Å². The minimum atomic E-state index is -3.71. The number of hydrogen-bond donors (Lipinski definition) is 3. The van der Waals surface area contributed by atoms with Crippen molar-refractivity contribution in [1.82, 2.24) is 5.32 Å². The molecule has 8 nitrogen and oxygen atoms in total. The highest BCUT2D eigenvalue weighted by atomic mass is 32.2. The van der Waals surface area contributed by atoms with Crippen LogP contribution < -0.4 is 20.5 Å². The molecule has 0 saturated heterocycles. The molecule has 0 bridgehead atoms. The van der Waals surface area contributed by atoms with Crippen LogP contribution in [0.4, 0.5) is 5.69 Å². The predicted molar refractivity (Wildman–Crippen MR) is 94.4 cm³/mol. The number of sulfonamides is 1. The number of amides is 2. The molecule has 3 rings (SSSR count). The Morgan fingerprint density at radius 1 is 1.19 bits per heavy atom. The van der Waals surface area contributed by atoms with E-state index in [1.165, 1.54) is 12.1 Å². The number of fused-ring (bicyclic) bond motifs is 1. The Kier molecular flexibility index (Phi) is 4.92. The molecule has 136 valence electrons. The van der Waals surface area contributed by atoms with Crippen molar-refractivity contribution in [2.45, 2.75) is 11.3 Å². The van der Waals surface area contributed by atoms with Gasteiger partial charge in [-0.1, -0.05) is 12.1 Å². The Hall–Kier alpha value is -2.91. The van der Waals surface area contributed by atoms with Crippen LogP contribution in [0.15, 0.2) is 47.4 Å². The summed E-state index contributed by atoms with van der Waals surface area (Å²) in [6.45, 7) is 0.300. The molecule has 0 unspecified atom stereocenters. The minimum absolute atomic E-state index is 0.0476. The van der Waals surface area contributed by atoms with Gasteiger partial charge in [0.25, 0.3) is 11.8 Å². The van der Waals surface area contributed by atoms with Crippen molar-refractivity contribution in [3.8, 4) is 5.75 Å². The first-order chi connectivity index (χ1) is 12.3. The second-order valence-electron chi connectivity index (χ2n) is 5.74. The molecule has 0 spiro atoms. The van der Waals surface area contributed by atoms with E-state index in [2.05, 4.69) is 10.6 Å². The fourth-order valence-electron chi connectivity index (χ4n) is 2.48. The number of nitrogens with two attached hydrogens (primary N) is 1. The topological polar surface area (TPSA) is 128 Å². The molecule has 2 aromatic rings. The van der Waals surface area contributed by atoms with Crippen molar-refractivity contribution in [2.75, 3.05) is 18.5 Å². The largest absolute Gasteiger partial charge is 0.482 e. The number of hydrogen-bond acceptors (Lipinski definition) is 5. The maximum atomic E-state index is 12.2. The lowest BCUT2D eigenvalue weighted by Crippen LogP contribution is -2.27. The summed E-state index contributed by atoms with van der Waals surface area (Å²) in [4.78, 5) is 23.5. The molecule has 26 heavy (non-hydrogen) atoms. The fraction of sp³-hybridized carbons (Fsp3) is 0.176. The Morgan fingerprint density at radius 2 is 1.92 bits per heavy atom. The molecule has 1 heterocycles. The molecule has 1 aliphatic heterocycles. The summed E-state index contributed by atoms with van der Waals surface area (Å²) in [5.74, 6) is -0.0477. The van der Waals surface area contributed by atoms with E-state index >= 15 is 0 Å². The number of primary sulfonamides is 1. The molecule has 1 aliphatic rings.